The molecule has 0 spiro atoms. The number of benzene rings is 1. The van der Waals surface area contributed by atoms with Gasteiger partial charge in [-0.2, -0.15) is 0 Å². The molecule has 1 aliphatic carbocycles. The fourth-order valence-electron chi connectivity index (χ4n) is 1.99. The molecule has 0 heterocycles. The van der Waals surface area contributed by atoms with Gasteiger partial charge >= 0.3 is 0 Å². The van der Waals surface area contributed by atoms with Crippen LogP contribution in [0.25, 0.3) is 0 Å². The summed E-state index contributed by atoms with van der Waals surface area (Å²) in [7, 11) is 1.64. The van der Waals surface area contributed by atoms with Crippen molar-refractivity contribution in [2.24, 2.45) is 5.92 Å². The van der Waals surface area contributed by atoms with Gasteiger partial charge in [-0.25, -0.2) is 0 Å². The van der Waals surface area contributed by atoms with E-state index in [9.17, 15) is 4.79 Å². The quantitative estimate of drug-likeness (QED) is 0.710. The zero-order chi connectivity index (χ0) is 12.3. The van der Waals surface area contributed by atoms with Crippen LogP contribution in [0.5, 0.6) is 11.5 Å². The lowest BCUT2D eigenvalue weighted by Gasteiger charge is -2.11. The molecule has 1 fully saturated rings. The fraction of sp³-hybridized carbons (Fsp3) is 0.500. The molecule has 2 unspecified atom stereocenters. The second-order valence-electron chi connectivity index (χ2n) is 4.40. The highest BCUT2D eigenvalue weighted by molar-refractivity contribution is 5.62. The monoisotopic (exact) mass is 234 g/mol. The van der Waals surface area contributed by atoms with E-state index in [0.29, 0.717) is 12.5 Å². The second-order valence-corrected chi connectivity index (χ2v) is 4.40. The van der Waals surface area contributed by atoms with E-state index in [1.165, 1.54) is 5.56 Å². The SMILES string of the molecule is CCCOc1ccc(C2CC2C=O)cc1OC. The standard InChI is InChI=1S/C14H18O3/c1-3-6-17-13-5-4-10(8-14(13)16-2)12-7-11(12)9-15/h4-5,8-9,11-12H,3,6-7H2,1-2H3. The molecule has 1 aromatic carbocycles. The van der Waals surface area contributed by atoms with Crippen molar-refractivity contribution < 1.29 is 14.3 Å². The Morgan fingerprint density at radius 3 is 2.82 bits per heavy atom. The lowest BCUT2D eigenvalue weighted by atomic mass is 10.1. The van der Waals surface area contributed by atoms with Gasteiger partial charge in [-0.05, 0) is 36.5 Å². The molecule has 92 valence electrons. The Labute approximate surface area is 102 Å². The van der Waals surface area contributed by atoms with E-state index in [-0.39, 0.29) is 5.92 Å². The zero-order valence-corrected chi connectivity index (χ0v) is 10.3. The molecule has 17 heavy (non-hydrogen) atoms. The van der Waals surface area contributed by atoms with Crippen molar-refractivity contribution in [1.82, 2.24) is 0 Å². The van der Waals surface area contributed by atoms with Gasteiger partial charge in [-0.15, -0.1) is 0 Å². The van der Waals surface area contributed by atoms with Crippen molar-refractivity contribution in [3.8, 4) is 11.5 Å². The van der Waals surface area contributed by atoms with Gasteiger partial charge in [0.05, 0.1) is 13.7 Å². The van der Waals surface area contributed by atoms with Crippen LogP contribution in [0.1, 0.15) is 31.2 Å². The van der Waals surface area contributed by atoms with Gasteiger partial charge in [0.15, 0.2) is 11.5 Å². The molecule has 0 radical (unpaired) electrons. The van der Waals surface area contributed by atoms with E-state index in [1.807, 2.05) is 18.2 Å². The van der Waals surface area contributed by atoms with Crippen LogP contribution in [-0.2, 0) is 4.79 Å². The lowest BCUT2D eigenvalue weighted by molar-refractivity contribution is -0.108. The molecule has 1 saturated carbocycles. The minimum atomic E-state index is 0.196. The summed E-state index contributed by atoms with van der Waals surface area (Å²) in [6, 6.07) is 5.95. The normalized spacial score (nSPS) is 22.0. The van der Waals surface area contributed by atoms with Gasteiger partial charge in [-0.1, -0.05) is 13.0 Å². The average Bonchev–Trinajstić information content (AvgIpc) is 3.15. The summed E-state index contributed by atoms with van der Waals surface area (Å²) in [5.41, 5.74) is 1.17. The molecule has 0 saturated heterocycles. The molecule has 3 heteroatoms. The molecule has 3 nitrogen and oxygen atoms in total. The van der Waals surface area contributed by atoms with Crippen LogP contribution in [0.2, 0.25) is 0 Å². The van der Waals surface area contributed by atoms with Crippen LogP contribution < -0.4 is 9.47 Å². The van der Waals surface area contributed by atoms with Gasteiger partial charge in [0, 0.05) is 5.92 Å². The van der Waals surface area contributed by atoms with E-state index in [0.717, 1.165) is 30.6 Å². The summed E-state index contributed by atoms with van der Waals surface area (Å²) < 4.78 is 10.9. The predicted octanol–water partition coefficient (Wildman–Crippen LogP) is 2.79. The number of hydrogen-bond acceptors (Lipinski definition) is 3. The molecule has 0 N–H and O–H groups in total. The highest BCUT2D eigenvalue weighted by Crippen LogP contribution is 2.47. The minimum Gasteiger partial charge on any atom is -0.493 e. The predicted molar refractivity (Wildman–Crippen MR) is 65.7 cm³/mol. The Balaban J connectivity index is 2.13. The molecule has 0 aromatic heterocycles. The maximum atomic E-state index is 10.7. The topological polar surface area (TPSA) is 35.5 Å². The number of carbonyl (C=O) groups excluding carboxylic acids is 1. The summed E-state index contributed by atoms with van der Waals surface area (Å²) in [5, 5.41) is 0. The van der Waals surface area contributed by atoms with Gasteiger partial charge in [0.25, 0.3) is 0 Å². The van der Waals surface area contributed by atoms with Gasteiger partial charge in [-0.3, -0.25) is 0 Å². The maximum Gasteiger partial charge on any atom is 0.161 e. The number of aldehydes is 1. The van der Waals surface area contributed by atoms with Crippen LogP contribution in [0.15, 0.2) is 18.2 Å². The lowest BCUT2D eigenvalue weighted by Crippen LogP contribution is -1.98. The first-order valence-corrected chi connectivity index (χ1v) is 6.06. The van der Waals surface area contributed by atoms with Crippen molar-refractivity contribution in [2.75, 3.05) is 13.7 Å². The molecule has 0 aliphatic heterocycles. The van der Waals surface area contributed by atoms with Gasteiger partial charge in [0.1, 0.15) is 6.29 Å². The van der Waals surface area contributed by atoms with E-state index < -0.39 is 0 Å². The fourth-order valence-corrected chi connectivity index (χ4v) is 1.99. The third-order valence-corrected chi connectivity index (χ3v) is 3.09. The first-order valence-electron chi connectivity index (χ1n) is 6.06. The summed E-state index contributed by atoms with van der Waals surface area (Å²) in [4.78, 5) is 10.7. The summed E-state index contributed by atoms with van der Waals surface area (Å²) >= 11 is 0. The molecular formula is C14H18O3. The largest absolute Gasteiger partial charge is 0.493 e. The Morgan fingerprint density at radius 1 is 1.41 bits per heavy atom. The number of carbonyl (C=O) groups is 1. The van der Waals surface area contributed by atoms with Crippen LogP contribution in [-0.4, -0.2) is 20.0 Å². The zero-order valence-electron chi connectivity index (χ0n) is 10.3. The minimum absolute atomic E-state index is 0.196. The van der Waals surface area contributed by atoms with Crippen LogP contribution >= 0.6 is 0 Å². The van der Waals surface area contributed by atoms with Crippen molar-refractivity contribution in [2.45, 2.75) is 25.7 Å². The smallest absolute Gasteiger partial charge is 0.161 e. The maximum absolute atomic E-state index is 10.7. The van der Waals surface area contributed by atoms with E-state index in [1.54, 1.807) is 7.11 Å². The van der Waals surface area contributed by atoms with Gasteiger partial charge < -0.3 is 14.3 Å². The van der Waals surface area contributed by atoms with Crippen molar-refractivity contribution in [1.29, 1.82) is 0 Å². The van der Waals surface area contributed by atoms with Crippen LogP contribution in [0.3, 0.4) is 0 Å². The van der Waals surface area contributed by atoms with Crippen LogP contribution in [0, 0.1) is 5.92 Å². The molecule has 1 aliphatic rings. The average molecular weight is 234 g/mol. The number of hydrogen-bond donors (Lipinski definition) is 0. The molecule has 2 rings (SSSR count). The molecular weight excluding hydrogens is 216 g/mol. The Morgan fingerprint density at radius 2 is 2.24 bits per heavy atom. The van der Waals surface area contributed by atoms with Crippen molar-refractivity contribution in [3.63, 3.8) is 0 Å². The Hall–Kier alpha value is -1.51. The van der Waals surface area contributed by atoms with Gasteiger partial charge in [0.2, 0.25) is 0 Å². The molecule has 1 aromatic rings. The molecule has 0 amide bonds. The number of ether oxygens (including phenoxy) is 2. The third kappa shape index (κ3) is 2.60. The second kappa shape index (κ2) is 5.21. The highest BCUT2D eigenvalue weighted by Gasteiger charge is 2.38. The summed E-state index contributed by atoms with van der Waals surface area (Å²) in [5.74, 6) is 2.11. The van der Waals surface area contributed by atoms with Crippen molar-refractivity contribution in [3.05, 3.63) is 23.8 Å². The summed E-state index contributed by atoms with van der Waals surface area (Å²) in [6.07, 6.45) is 2.97. The third-order valence-electron chi connectivity index (χ3n) is 3.09. The Bertz CT molecular complexity index is 400. The van der Waals surface area contributed by atoms with Crippen molar-refractivity contribution >= 4 is 6.29 Å². The summed E-state index contributed by atoms with van der Waals surface area (Å²) in [6.45, 7) is 2.76. The first-order chi connectivity index (χ1) is 8.30. The highest BCUT2D eigenvalue weighted by atomic mass is 16.5. The first kappa shape index (κ1) is 12.0. The number of methoxy groups -OCH3 is 1. The van der Waals surface area contributed by atoms with E-state index in [2.05, 4.69) is 6.92 Å². The Kier molecular flexibility index (Phi) is 3.67. The van der Waals surface area contributed by atoms with E-state index >= 15 is 0 Å². The molecule has 2 atom stereocenters. The van der Waals surface area contributed by atoms with Crippen LogP contribution in [0.4, 0.5) is 0 Å². The van der Waals surface area contributed by atoms with E-state index in [4.69, 9.17) is 9.47 Å². The molecule has 0 bridgehead atoms. The number of rotatable bonds is 6.